The van der Waals surface area contributed by atoms with Gasteiger partial charge in [0.25, 0.3) is 0 Å². The number of unbranched alkanes of at least 4 members (excludes halogenated alkanes) is 1. The normalized spacial score (nSPS) is 12.6. The second kappa shape index (κ2) is 8.09. The van der Waals surface area contributed by atoms with Crippen molar-refractivity contribution in [3.05, 3.63) is 29.8 Å². The SMILES string of the molecule is CCC(NCCCCOC)c1ccccc1O. The zero-order valence-corrected chi connectivity index (χ0v) is 10.8. The number of phenolic OH excluding ortho intramolecular Hbond substituents is 1. The van der Waals surface area contributed by atoms with Crippen LogP contribution in [0.25, 0.3) is 0 Å². The average Bonchev–Trinajstić information content (AvgIpc) is 2.35. The van der Waals surface area contributed by atoms with Crippen LogP contribution in [-0.2, 0) is 4.74 Å². The number of para-hydroxylation sites is 1. The lowest BCUT2D eigenvalue weighted by atomic mass is 10.0. The summed E-state index contributed by atoms with van der Waals surface area (Å²) in [7, 11) is 1.73. The summed E-state index contributed by atoms with van der Waals surface area (Å²) in [6, 6.07) is 7.77. The van der Waals surface area contributed by atoms with Crippen molar-refractivity contribution in [2.45, 2.75) is 32.2 Å². The van der Waals surface area contributed by atoms with Gasteiger partial charge in [-0.2, -0.15) is 0 Å². The number of ether oxygens (including phenoxy) is 1. The van der Waals surface area contributed by atoms with E-state index in [0.29, 0.717) is 5.75 Å². The molecule has 0 fully saturated rings. The molecule has 0 saturated carbocycles. The highest BCUT2D eigenvalue weighted by Gasteiger charge is 2.11. The van der Waals surface area contributed by atoms with Crippen molar-refractivity contribution in [2.24, 2.45) is 0 Å². The monoisotopic (exact) mass is 237 g/mol. The van der Waals surface area contributed by atoms with Crippen molar-refractivity contribution >= 4 is 0 Å². The van der Waals surface area contributed by atoms with Gasteiger partial charge in [0.1, 0.15) is 5.75 Å². The minimum absolute atomic E-state index is 0.235. The van der Waals surface area contributed by atoms with Crippen LogP contribution in [0.5, 0.6) is 5.75 Å². The molecule has 0 aromatic heterocycles. The molecule has 1 aromatic rings. The van der Waals surface area contributed by atoms with Crippen LogP contribution in [-0.4, -0.2) is 25.4 Å². The van der Waals surface area contributed by atoms with Gasteiger partial charge < -0.3 is 15.2 Å². The van der Waals surface area contributed by atoms with Gasteiger partial charge in [0.15, 0.2) is 0 Å². The maximum absolute atomic E-state index is 9.79. The highest BCUT2D eigenvalue weighted by atomic mass is 16.5. The maximum Gasteiger partial charge on any atom is 0.120 e. The first-order valence-electron chi connectivity index (χ1n) is 6.29. The Hall–Kier alpha value is -1.06. The molecular weight excluding hydrogens is 214 g/mol. The first kappa shape index (κ1) is 14.0. The van der Waals surface area contributed by atoms with E-state index in [9.17, 15) is 5.11 Å². The smallest absolute Gasteiger partial charge is 0.120 e. The van der Waals surface area contributed by atoms with Crippen LogP contribution in [0.15, 0.2) is 24.3 Å². The lowest BCUT2D eigenvalue weighted by Gasteiger charge is -2.18. The molecule has 1 rings (SSSR count). The molecule has 17 heavy (non-hydrogen) atoms. The molecule has 0 radical (unpaired) electrons. The van der Waals surface area contributed by atoms with Crippen molar-refractivity contribution in [1.29, 1.82) is 0 Å². The molecule has 1 atom stereocenters. The number of methoxy groups -OCH3 is 1. The van der Waals surface area contributed by atoms with E-state index in [1.807, 2.05) is 18.2 Å². The highest BCUT2D eigenvalue weighted by molar-refractivity contribution is 5.34. The fourth-order valence-corrected chi connectivity index (χ4v) is 1.90. The Morgan fingerprint density at radius 1 is 1.29 bits per heavy atom. The zero-order valence-electron chi connectivity index (χ0n) is 10.8. The van der Waals surface area contributed by atoms with Crippen LogP contribution in [0.3, 0.4) is 0 Å². The van der Waals surface area contributed by atoms with Crippen LogP contribution >= 0.6 is 0 Å². The van der Waals surface area contributed by atoms with Crippen LogP contribution in [0, 0.1) is 0 Å². The Labute approximate surface area is 104 Å². The molecule has 0 aliphatic carbocycles. The van der Waals surface area contributed by atoms with Gasteiger partial charge in [-0.25, -0.2) is 0 Å². The summed E-state index contributed by atoms with van der Waals surface area (Å²) < 4.78 is 5.01. The number of nitrogens with one attached hydrogen (secondary N) is 1. The predicted octanol–water partition coefficient (Wildman–Crippen LogP) is 2.86. The molecule has 3 nitrogen and oxygen atoms in total. The first-order chi connectivity index (χ1) is 8.29. The fourth-order valence-electron chi connectivity index (χ4n) is 1.90. The topological polar surface area (TPSA) is 41.5 Å². The molecule has 0 aliphatic rings. The predicted molar refractivity (Wildman–Crippen MR) is 70.3 cm³/mol. The molecular formula is C14H23NO2. The third kappa shape index (κ3) is 4.75. The summed E-state index contributed by atoms with van der Waals surface area (Å²) in [6.07, 6.45) is 3.14. The molecule has 0 heterocycles. The van der Waals surface area contributed by atoms with Crippen molar-refractivity contribution in [3.63, 3.8) is 0 Å². The molecule has 1 unspecified atom stereocenters. The summed E-state index contributed by atoms with van der Waals surface area (Å²) in [4.78, 5) is 0. The standard InChI is InChI=1S/C14H23NO2/c1-3-13(15-10-6-7-11-17-2)12-8-4-5-9-14(12)16/h4-5,8-9,13,15-16H,3,6-7,10-11H2,1-2H3. The van der Waals surface area contributed by atoms with Gasteiger partial charge in [-0.15, -0.1) is 0 Å². The van der Waals surface area contributed by atoms with Crippen molar-refractivity contribution in [2.75, 3.05) is 20.3 Å². The number of phenols is 1. The number of hydrogen-bond donors (Lipinski definition) is 2. The molecule has 1 aromatic carbocycles. The van der Waals surface area contributed by atoms with Crippen LogP contribution in [0.2, 0.25) is 0 Å². The van der Waals surface area contributed by atoms with Crippen molar-refractivity contribution < 1.29 is 9.84 Å². The van der Waals surface area contributed by atoms with Crippen molar-refractivity contribution in [1.82, 2.24) is 5.32 Å². The molecule has 0 aliphatic heterocycles. The highest BCUT2D eigenvalue weighted by Crippen LogP contribution is 2.25. The number of aromatic hydroxyl groups is 1. The number of rotatable bonds is 8. The Bertz CT molecular complexity index is 315. The lowest BCUT2D eigenvalue weighted by Crippen LogP contribution is -2.22. The summed E-state index contributed by atoms with van der Waals surface area (Å²) in [5, 5.41) is 13.3. The van der Waals surface area contributed by atoms with Crippen LogP contribution in [0.4, 0.5) is 0 Å². The second-order valence-electron chi connectivity index (χ2n) is 4.17. The minimum Gasteiger partial charge on any atom is -0.508 e. The van der Waals surface area contributed by atoms with Gasteiger partial charge >= 0.3 is 0 Å². The Morgan fingerprint density at radius 3 is 2.71 bits per heavy atom. The maximum atomic E-state index is 9.79. The summed E-state index contributed by atoms with van der Waals surface area (Å²) >= 11 is 0. The lowest BCUT2D eigenvalue weighted by molar-refractivity contribution is 0.192. The van der Waals surface area contributed by atoms with E-state index >= 15 is 0 Å². The van der Waals surface area contributed by atoms with Gasteiger partial charge in [-0.05, 0) is 31.9 Å². The van der Waals surface area contributed by atoms with Gasteiger partial charge in [0.2, 0.25) is 0 Å². The van der Waals surface area contributed by atoms with E-state index in [0.717, 1.165) is 38.0 Å². The molecule has 0 amide bonds. The Morgan fingerprint density at radius 2 is 2.06 bits per heavy atom. The third-order valence-corrected chi connectivity index (χ3v) is 2.89. The summed E-state index contributed by atoms with van der Waals surface area (Å²) in [5.41, 5.74) is 0.988. The summed E-state index contributed by atoms with van der Waals surface area (Å²) in [5.74, 6) is 0.378. The van der Waals surface area contributed by atoms with Gasteiger partial charge in [-0.1, -0.05) is 25.1 Å². The third-order valence-electron chi connectivity index (χ3n) is 2.89. The van der Waals surface area contributed by atoms with E-state index in [4.69, 9.17) is 4.74 Å². The van der Waals surface area contributed by atoms with E-state index in [-0.39, 0.29) is 6.04 Å². The Balaban J connectivity index is 2.41. The van der Waals surface area contributed by atoms with E-state index < -0.39 is 0 Å². The van der Waals surface area contributed by atoms with Crippen LogP contribution in [0.1, 0.15) is 37.8 Å². The number of benzene rings is 1. The van der Waals surface area contributed by atoms with E-state index in [2.05, 4.69) is 12.2 Å². The molecule has 0 spiro atoms. The minimum atomic E-state index is 0.235. The van der Waals surface area contributed by atoms with E-state index in [1.165, 1.54) is 0 Å². The van der Waals surface area contributed by atoms with Crippen molar-refractivity contribution in [3.8, 4) is 5.75 Å². The second-order valence-corrected chi connectivity index (χ2v) is 4.17. The van der Waals surface area contributed by atoms with Gasteiger partial charge in [0, 0.05) is 25.3 Å². The first-order valence-corrected chi connectivity index (χ1v) is 6.29. The van der Waals surface area contributed by atoms with Gasteiger partial charge in [-0.3, -0.25) is 0 Å². The van der Waals surface area contributed by atoms with Crippen LogP contribution < -0.4 is 5.32 Å². The summed E-state index contributed by atoms with van der Waals surface area (Å²) in [6.45, 7) is 3.89. The Kier molecular flexibility index (Phi) is 6.67. The molecule has 0 saturated heterocycles. The fraction of sp³-hybridized carbons (Fsp3) is 0.571. The molecule has 96 valence electrons. The quantitative estimate of drug-likeness (QED) is 0.683. The largest absolute Gasteiger partial charge is 0.508 e. The zero-order chi connectivity index (χ0) is 12.5. The molecule has 0 bridgehead atoms. The average molecular weight is 237 g/mol. The van der Waals surface area contributed by atoms with E-state index in [1.54, 1.807) is 13.2 Å². The van der Waals surface area contributed by atoms with Gasteiger partial charge in [0.05, 0.1) is 0 Å². The number of hydrogen-bond acceptors (Lipinski definition) is 3. The molecule has 2 N–H and O–H groups in total. The molecule has 3 heteroatoms.